The Labute approximate surface area is 181 Å². The van der Waals surface area contributed by atoms with Gasteiger partial charge in [-0.25, -0.2) is 4.68 Å². The Hall–Kier alpha value is -2.77. The molecule has 1 aromatic carbocycles. The van der Waals surface area contributed by atoms with Crippen molar-refractivity contribution in [2.24, 2.45) is 0 Å². The Bertz CT molecular complexity index is 1010. The van der Waals surface area contributed by atoms with Crippen LogP contribution in [0.15, 0.2) is 64.6 Å². The van der Waals surface area contributed by atoms with Crippen LogP contribution in [-0.4, -0.2) is 25.1 Å². The van der Waals surface area contributed by atoms with Crippen LogP contribution < -0.4 is 0 Å². The number of tetrazole rings is 1. The van der Waals surface area contributed by atoms with E-state index in [4.69, 9.17) is 4.42 Å². The first kappa shape index (κ1) is 20.5. The first-order valence-electron chi connectivity index (χ1n) is 10.1. The molecule has 3 heterocycles. The Morgan fingerprint density at radius 2 is 1.87 bits per heavy atom. The van der Waals surface area contributed by atoms with Gasteiger partial charge < -0.3 is 4.42 Å². The fraction of sp³-hybridized carbons (Fsp3) is 0.348. The van der Waals surface area contributed by atoms with Gasteiger partial charge in [0, 0.05) is 11.4 Å². The predicted molar refractivity (Wildman–Crippen MR) is 118 cm³/mol. The maximum absolute atomic E-state index is 5.71. The molecule has 0 aliphatic carbocycles. The number of hydrogen-bond donors (Lipinski definition) is 0. The molecule has 156 valence electrons. The smallest absolute Gasteiger partial charge is 0.173 e. The summed E-state index contributed by atoms with van der Waals surface area (Å²) in [4.78, 5) is 3.66. The van der Waals surface area contributed by atoms with Crippen molar-refractivity contribution in [1.29, 1.82) is 0 Å². The summed E-state index contributed by atoms with van der Waals surface area (Å²) in [7, 11) is 0. The summed E-state index contributed by atoms with van der Waals surface area (Å²) < 4.78 is 7.64. The summed E-state index contributed by atoms with van der Waals surface area (Å²) in [6.45, 7) is 9.89. The van der Waals surface area contributed by atoms with Crippen LogP contribution in [0.25, 0.3) is 0 Å². The molecule has 0 spiro atoms. The lowest BCUT2D eigenvalue weighted by Crippen LogP contribution is -2.34. The van der Waals surface area contributed by atoms with Crippen LogP contribution >= 0.6 is 11.3 Å². The van der Waals surface area contributed by atoms with E-state index in [1.54, 1.807) is 17.6 Å². The number of thiophene rings is 1. The maximum atomic E-state index is 5.71. The van der Waals surface area contributed by atoms with Crippen molar-refractivity contribution in [3.8, 4) is 0 Å². The van der Waals surface area contributed by atoms with Crippen LogP contribution in [0.4, 0.5) is 0 Å². The van der Waals surface area contributed by atoms with Gasteiger partial charge in [0.25, 0.3) is 0 Å². The van der Waals surface area contributed by atoms with E-state index >= 15 is 0 Å². The Kier molecular flexibility index (Phi) is 5.83. The Balaban J connectivity index is 1.82. The van der Waals surface area contributed by atoms with Gasteiger partial charge >= 0.3 is 0 Å². The van der Waals surface area contributed by atoms with Crippen molar-refractivity contribution in [2.75, 3.05) is 0 Å². The van der Waals surface area contributed by atoms with Crippen LogP contribution in [0, 0.1) is 6.92 Å². The van der Waals surface area contributed by atoms with Crippen molar-refractivity contribution in [2.45, 2.75) is 52.4 Å². The van der Waals surface area contributed by atoms with E-state index in [0.29, 0.717) is 6.54 Å². The maximum Gasteiger partial charge on any atom is 0.173 e. The zero-order valence-corrected chi connectivity index (χ0v) is 18.6. The molecule has 0 N–H and O–H groups in total. The highest BCUT2D eigenvalue weighted by Crippen LogP contribution is 2.33. The summed E-state index contributed by atoms with van der Waals surface area (Å²) >= 11 is 1.76. The van der Waals surface area contributed by atoms with E-state index < -0.39 is 0 Å². The first-order chi connectivity index (χ1) is 14.4. The standard InChI is InChI=1S/C23H27N5OS/c1-17-9-11-18(12-10-17)21(22-24-25-26-28(22)23(2,3)4)27(15-19-7-5-13-29-19)16-20-8-6-14-30-20/h5-14,21H,15-16H2,1-4H3/t21-/m1/s1. The van der Waals surface area contributed by atoms with Gasteiger partial charge in [-0.1, -0.05) is 35.9 Å². The van der Waals surface area contributed by atoms with Crippen molar-refractivity contribution < 1.29 is 4.42 Å². The molecule has 0 saturated heterocycles. The van der Waals surface area contributed by atoms with Crippen LogP contribution in [-0.2, 0) is 18.6 Å². The number of aryl methyl sites for hydroxylation is 1. The van der Waals surface area contributed by atoms with Crippen molar-refractivity contribution in [1.82, 2.24) is 25.1 Å². The first-order valence-corrected chi connectivity index (χ1v) is 10.9. The number of hydrogen-bond acceptors (Lipinski definition) is 6. The zero-order chi connectivity index (χ0) is 21.1. The molecule has 0 unspecified atom stereocenters. The third kappa shape index (κ3) is 4.52. The van der Waals surface area contributed by atoms with E-state index in [-0.39, 0.29) is 11.6 Å². The Morgan fingerprint density at radius 1 is 1.07 bits per heavy atom. The van der Waals surface area contributed by atoms with Gasteiger partial charge in [0.2, 0.25) is 0 Å². The molecule has 0 aliphatic rings. The van der Waals surface area contributed by atoms with E-state index in [9.17, 15) is 0 Å². The summed E-state index contributed by atoms with van der Waals surface area (Å²) in [6.07, 6.45) is 1.72. The average molecular weight is 422 g/mol. The van der Waals surface area contributed by atoms with Gasteiger partial charge in [-0.15, -0.1) is 16.4 Å². The average Bonchev–Trinajstić information content (AvgIpc) is 3.45. The van der Waals surface area contributed by atoms with Crippen LogP contribution in [0.5, 0.6) is 0 Å². The number of aromatic nitrogens is 4. The zero-order valence-electron chi connectivity index (χ0n) is 17.8. The SMILES string of the molecule is Cc1ccc([C@H](c2nnnn2C(C)(C)C)N(Cc2ccco2)Cc2cccs2)cc1. The molecule has 6 nitrogen and oxygen atoms in total. The molecule has 0 bridgehead atoms. The van der Waals surface area contributed by atoms with Gasteiger partial charge in [-0.2, -0.15) is 0 Å². The number of rotatable bonds is 7. The second-order valence-electron chi connectivity index (χ2n) is 8.50. The van der Waals surface area contributed by atoms with Crippen LogP contribution in [0.2, 0.25) is 0 Å². The van der Waals surface area contributed by atoms with E-state index in [1.807, 2.05) is 16.8 Å². The molecule has 0 saturated carbocycles. The molecule has 0 radical (unpaired) electrons. The van der Waals surface area contributed by atoms with Crippen LogP contribution in [0.1, 0.15) is 54.4 Å². The summed E-state index contributed by atoms with van der Waals surface area (Å²) in [5, 5.41) is 15.0. The second kappa shape index (κ2) is 8.53. The minimum atomic E-state index is -0.235. The van der Waals surface area contributed by atoms with E-state index in [1.165, 1.54) is 10.4 Å². The lowest BCUT2D eigenvalue weighted by Gasteiger charge is -2.32. The minimum absolute atomic E-state index is 0.118. The highest BCUT2D eigenvalue weighted by molar-refractivity contribution is 7.09. The Morgan fingerprint density at radius 3 is 2.50 bits per heavy atom. The molecule has 4 rings (SSSR count). The fourth-order valence-electron chi connectivity index (χ4n) is 3.56. The number of nitrogens with zero attached hydrogens (tertiary/aromatic N) is 5. The van der Waals surface area contributed by atoms with Crippen molar-refractivity contribution >= 4 is 11.3 Å². The largest absolute Gasteiger partial charge is 0.468 e. The number of furan rings is 1. The molecular weight excluding hydrogens is 394 g/mol. The molecule has 3 aromatic heterocycles. The summed E-state index contributed by atoms with van der Waals surface area (Å²) in [5.41, 5.74) is 2.15. The van der Waals surface area contributed by atoms with Gasteiger partial charge in [0.05, 0.1) is 24.4 Å². The lowest BCUT2D eigenvalue weighted by molar-refractivity contribution is 0.174. The quantitative estimate of drug-likeness (QED) is 0.411. The highest BCUT2D eigenvalue weighted by atomic mass is 32.1. The van der Waals surface area contributed by atoms with Gasteiger partial charge in [-0.3, -0.25) is 4.90 Å². The third-order valence-electron chi connectivity index (χ3n) is 5.01. The van der Waals surface area contributed by atoms with E-state index in [0.717, 1.165) is 23.7 Å². The molecule has 0 fully saturated rings. The van der Waals surface area contributed by atoms with Crippen molar-refractivity contribution in [3.63, 3.8) is 0 Å². The van der Waals surface area contributed by atoms with Gasteiger partial charge in [0.1, 0.15) is 5.76 Å². The molecule has 1 atom stereocenters. The van der Waals surface area contributed by atoms with Crippen molar-refractivity contribution in [3.05, 3.63) is 87.8 Å². The van der Waals surface area contributed by atoms with E-state index in [2.05, 4.69) is 89.9 Å². The normalized spacial score (nSPS) is 13.1. The summed E-state index contributed by atoms with van der Waals surface area (Å²) in [6, 6.07) is 16.7. The van der Waals surface area contributed by atoms with Crippen LogP contribution in [0.3, 0.4) is 0 Å². The molecule has 7 heteroatoms. The highest BCUT2D eigenvalue weighted by Gasteiger charge is 2.32. The number of benzene rings is 1. The molecule has 30 heavy (non-hydrogen) atoms. The molecule has 0 amide bonds. The fourth-order valence-corrected chi connectivity index (χ4v) is 4.29. The molecule has 4 aromatic rings. The predicted octanol–water partition coefficient (Wildman–Crippen LogP) is 5.18. The molecule has 0 aliphatic heterocycles. The topological polar surface area (TPSA) is 60.0 Å². The third-order valence-corrected chi connectivity index (χ3v) is 5.87. The molecular formula is C23H27N5OS. The monoisotopic (exact) mass is 421 g/mol. The van der Waals surface area contributed by atoms with Gasteiger partial charge in [-0.05, 0) is 67.3 Å². The summed E-state index contributed by atoms with van der Waals surface area (Å²) in [5.74, 6) is 1.74. The second-order valence-corrected chi connectivity index (χ2v) is 9.53. The lowest BCUT2D eigenvalue weighted by atomic mass is 10.0. The minimum Gasteiger partial charge on any atom is -0.468 e. The van der Waals surface area contributed by atoms with Gasteiger partial charge in [0.15, 0.2) is 5.82 Å².